The van der Waals surface area contributed by atoms with E-state index in [1.54, 1.807) is 29.2 Å². The molecular formula is C22H27ClN2O5S. The molecule has 3 rings (SSSR count). The zero-order valence-electron chi connectivity index (χ0n) is 17.5. The van der Waals surface area contributed by atoms with Crippen molar-refractivity contribution in [2.45, 2.75) is 37.5 Å². The van der Waals surface area contributed by atoms with Gasteiger partial charge in [0.2, 0.25) is 0 Å². The van der Waals surface area contributed by atoms with E-state index in [0.717, 1.165) is 38.8 Å². The Hall–Kier alpha value is -2.45. The number of rotatable bonds is 8. The molecule has 31 heavy (non-hydrogen) atoms. The summed E-state index contributed by atoms with van der Waals surface area (Å²) >= 11 is 6.23. The van der Waals surface area contributed by atoms with Crippen LogP contribution in [0.4, 0.5) is 5.69 Å². The van der Waals surface area contributed by atoms with Crippen LogP contribution in [-0.2, 0) is 14.8 Å². The van der Waals surface area contributed by atoms with Crippen LogP contribution in [0, 0.1) is 0 Å². The van der Waals surface area contributed by atoms with Crippen LogP contribution >= 0.6 is 11.6 Å². The van der Waals surface area contributed by atoms with E-state index in [1.165, 1.54) is 18.2 Å². The van der Waals surface area contributed by atoms with Gasteiger partial charge in [0.05, 0.1) is 16.5 Å². The minimum absolute atomic E-state index is 0.00224. The number of amides is 1. The minimum atomic E-state index is -3.84. The monoisotopic (exact) mass is 466 g/mol. The van der Waals surface area contributed by atoms with Gasteiger partial charge in [-0.2, -0.15) is 0 Å². The first-order chi connectivity index (χ1) is 14.9. The summed E-state index contributed by atoms with van der Waals surface area (Å²) in [5, 5.41) is 0.123. The van der Waals surface area contributed by atoms with Crippen LogP contribution in [0.1, 0.15) is 32.6 Å². The molecule has 7 nitrogen and oxygen atoms in total. The van der Waals surface area contributed by atoms with Crippen molar-refractivity contribution in [2.75, 3.05) is 31.0 Å². The van der Waals surface area contributed by atoms with Crippen LogP contribution in [0.15, 0.2) is 47.4 Å². The van der Waals surface area contributed by atoms with Gasteiger partial charge in [-0.1, -0.05) is 24.4 Å². The maximum Gasteiger partial charge on any atom is 0.261 e. The highest BCUT2D eigenvalue weighted by Crippen LogP contribution is 2.29. The average Bonchev–Trinajstić information content (AvgIpc) is 3.04. The standard InChI is InChI=1S/C22H27ClN2O5S/c1-2-29-18-9-7-17(8-10-18)24-31(27,28)19-11-12-21(20(23)15-19)30-16-22(26)25-13-5-3-4-6-14-25/h7-12,15,24H,2-6,13-14,16H2,1H3. The van der Waals surface area contributed by atoms with E-state index < -0.39 is 10.0 Å². The van der Waals surface area contributed by atoms with E-state index in [4.69, 9.17) is 21.1 Å². The van der Waals surface area contributed by atoms with Crippen molar-refractivity contribution in [3.05, 3.63) is 47.5 Å². The van der Waals surface area contributed by atoms with Crippen molar-refractivity contribution in [1.82, 2.24) is 4.90 Å². The Labute approximate surface area is 188 Å². The molecule has 0 unspecified atom stereocenters. The Morgan fingerprint density at radius 1 is 1.03 bits per heavy atom. The molecule has 0 bridgehead atoms. The van der Waals surface area contributed by atoms with Gasteiger partial charge in [0.25, 0.3) is 15.9 Å². The van der Waals surface area contributed by atoms with Crippen molar-refractivity contribution in [2.24, 2.45) is 0 Å². The molecule has 0 atom stereocenters. The summed E-state index contributed by atoms with van der Waals surface area (Å²) in [7, 11) is -3.84. The zero-order chi connectivity index (χ0) is 22.3. The molecule has 0 aromatic heterocycles. The van der Waals surface area contributed by atoms with E-state index >= 15 is 0 Å². The number of hydrogen-bond donors (Lipinski definition) is 1. The normalized spacial score (nSPS) is 14.6. The fourth-order valence-electron chi connectivity index (χ4n) is 3.32. The Morgan fingerprint density at radius 3 is 2.32 bits per heavy atom. The summed E-state index contributed by atoms with van der Waals surface area (Å²) in [5.74, 6) is 0.835. The third-order valence-electron chi connectivity index (χ3n) is 4.94. The highest BCUT2D eigenvalue weighted by Gasteiger charge is 2.19. The second kappa shape index (κ2) is 10.7. The lowest BCUT2D eigenvalue weighted by atomic mass is 10.2. The number of likely N-dealkylation sites (tertiary alicyclic amines) is 1. The van der Waals surface area contributed by atoms with Gasteiger partial charge in [0, 0.05) is 18.8 Å². The molecule has 1 amide bonds. The van der Waals surface area contributed by atoms with Crippen LogP contribution in [0.3, 0.4) is 0 Å². The molecule has 1 fully saturated rings. The summed E-state index contributed by atoms with van der Waals surface area (Å²) < 4.78 is 38.8. The van der Waals surface area contributed by atoms with Gasteiger partial charge < -0.3 is 14.4 Å². The van der Waals surface area contributed by atoms with E-state index in [-0.39, 0.29) is 28.2 Å². The van der Waals surface area contributed by atoms with Crippen molar-refractivity contribution in [1.29, 1.82) is 0 Å². The molecule has 0 spiro atoms. The molecule has 1 saturated heterocycles. The lowest BCUT2D eigenvalue weighted by molar-refractivity contribution is -0.133. The van der Waals surface area contributed by atoms with Crippen molar-refractivity contribution < 1.29 is 22.7 Å². The van der Waals surface area contributed by atoms with Crippen LogP contribution in [0.5, 0.6) is 11.5 Å². The molecule has 2 aromatic carbocycles. The second-order valence-corrected chi connectivity index (χ2v) is 9.33. The van der Waals surface area contributed by atoms with Gasteiger partial charge in [0.15, 0.2) is 6.61 Å². The van der Waals surface area contributed by atoms with Crippen LogP contribution in [0.25, 0.3) is 0 Å². The number of hydrogen-bond acceptors (Lipinski definition) is 5. The Morgan fingerprint density at radius 2 is 1.71 bits per heavy atom. The number of benzene rings is 2. The van der Waals surface area contributed by atoms with E-state index in [1.807, 2.05) is 6.92 Å². The predicted molar refractivity (Wildman–Crippen MR) is 120 cm³/mol. The van der Waals surface area contributed by atoms with Gasteiger partial charge in [-0.15, -0.1) is 0 Å². The first-order valence-electron chi connectivity index (χ1n) is 10.3. The maximum atomic E-state index is 12.7. The number of ether oxygens (including phenoxy) is 2. The number of sulfonamides is 1. The first kappa shape index (κ1) is 23.2. The molecule has 168 valence electrons. The SMILES string of the molecule is CCOc1ccc(NS(=O)(=O)c2ccc(OCC(=O)N3CCCCCC3)c(Cl)c2)cc1. The maximum absolute atomic E-state index is 12.7. The van der Waals surface area contributed by atoms with Gasteiger partial charge in [0.1, 0.15) is 11.5 Å². The van der Waals surface area contributed by atoms with Crippen molar-refractivity contribution in [3.8, 4) is 11.5 Å². The predicted octanol–water partition coefficient (Wildman–Crippen LogP) is 4.32. The highest BCUT2D eigenvalue weighted by atomic mass is 35.5. The van der Waals surface area contributed by atoms with Crippen LogP contribution in [0.2, 0.25) is 5.02 Å². The molecule has 0 saturated carbocycles. The third-order valence-corrected chi connectivity index (χ3v) is 6.62. The molecule has 0 radical (unpaired) electrons. The summed E-state index contributed by atoms with van der Waals surface area (Å²) in [6.45, 7) is 3.76. The summed E-state index contributed by atoms with van der Waals surface area (Å²) in [5.41, 5.74) is 0.406. The van der Waals surface area contributed by atoms with E-state index in [2.05, 4.69) is 4.72 Å². The number of carbonyl (C=O) groups is 1. The number of halogens is 1. The molecule has 9 heteroatoms. The highest BCUT2D eigenvalue weighted by molar-refractivity contribution is 7.92. The van der Waals surface area contributed by atoms with Crippen LogP contribution in [-0.4, -0.2) is 45.5 Å². The Kier molecular flexibility index (Phi) is 8.03. The largest absolute Gasteiger partial charge is 0.494 e. The molecule has 1 heterocycles. The van der Waals surface area contributed by atoms with Crippen molar-refractivity contribution >= 4 is 33.2 Å². The summed E-state index contributed by atoms with van der Waals surface area (Å²) in [6.07, 6.45) is 4.27. The summed E-state index contributed by atoms with van der Waals surface area (Å²) in [6, 6.07) is 10.8. The lowest BCUT2D eigenvalue weighted by Gasteiger charge is -2.20. The van der Waals surface area contributed by atoms with E-state index in [0.29, 0.717) is 18.0 Å². The molecule has 1 N–H and O–H groups in total. The minimum Gasteiger partial charge on any atom is -0.494 e. The van der Waals surface area contributed by atoms with Gasteiger partial charge in [-0.3, -0.25) is 9.52 Å². The lowest BCUT2D eigenvalue weighted by Crippen LogP contribution is -2.35. The number of carbonyl (C=O) groups excluding carboxylic acids is 1. The van der Waals surface area contributed by atoms with Gasteiger partial charge in [-0.25, -0.2) is 8.42 Å². The Balaban J connectivity index is 1.62. The van der Waals surface area contributed by atoms with Gasteiger partial charge in [-0.05, 0) is 62.2 Å². The second-order valence-electron chi connectivity index (χ2n) is 7.24. The van der Waals surface area contributed by atoms with E-state index in [9.17, 15) is 13.2 Å². The average molecular weight is 467 g/mol. The number of nitrogens with zero attached hydrogens (tertiary/aromatic N) is 1. The Bertz CT molecular complexity index is 987. The smallest absolute Gasteiger partial charge is 0.261 e. The molecule has 1 aliphatic heterocycles. The first-order valence-corrected chi connectivity index (χ1v) is 12.2. The fourth-order valence-corrected chi connectivity index (χ4v) is 4.70. The van der Waals surface area contributed by atoms with Crippen LogP contribution < -0.4 is 14.2 Å². The van der Waals surface area contributed by atoms with Crippen molar-refractivity contribution in [3.63, 3.8) is 0 Å². The molecule has 2 aromatic rings. The number of anilines is 1. The quantitative estimate of drug-likeness (QED) is 0.626. The number of nitrogens with one attached hydrogen (secondary N) is 1. The summed E-state index contributed by atoms with van der Waals surface area (Å²) in [4.78, 5) is 14.2. The topological polar surface area (TPSA) is 84.9 Å². The molecule has 0 aliphatic carbocycles. The zero-order valence-corrected chi connectivity index (χ0v) is 19.0. The molecular weight excluding hydrogens is 440 g/mol. The molecule has 1 aliphatic rings. The van der Waals surface area contributed by atoms with Gasteiger partial charge >= 0.3 is 0 Å². The fraction of sp³-hybridized carbons (Fsp3) is 0.409. The third kappa shape index (κ3) is 6.51.